The summed E-state index contributed by atoms with van der Waals surface area (Å²) >= 11 is 1.63. The molecule has 0 aliphatic rings. The molecule has 0 saturated heterocycles. The molecular weight excluding hydrogens is 355 g/mol. The van der Waals surface area contributed by atoms with Gasteiger partial charge in [-0.2, -0.15) is 16.7 Å². The predicted molar refractivity (Wildman–Crippen MR) is 94.5 cm³/mol. The lowest BCUT2D eigenvalue weighted by atomic mass is 10.2. The molecule has 0 saturated carbocycles. The van der Waals surface area contributed by atoms with Gasteiger partial charge in [0, 0.05) is 5.56 Å². The second-order valence-electron chi connectivity index (χ2n) is 5.08. The molecule has 132 valence electrons. The molecule has 1 aromatic carbocycles. The summed E-state index contributed by atoms with van der Waals surface area (Å²) in [6, 6.07) is 4.85. The van der Waals surface area contributed by atoms with Crippen LogP contribution in [0.2, 0.25) is 0 Å². The van der Waals surface area contributed by atoms with Crippen LogP contribution < -0.4 is 11.1 Å². The molecule has 2 atom stereocenters. The predicted octanol–water partition coefficient (Wildman–Crippen LogP) is 2.56. The van der Waals surface area contributed by atoms with E-state index in [9.17, 15) is 9.18 Å². The Hall–Kier alpha value is -1.64. The number of carbonyl (C=O) groups is 1. The van der Waals surface area contributed by atoms with Gasteiger partial charge in [0.1, 0.15) is 11.9 Å². The average molecular weight is 375 g/mol. The molecule has 1 heterocycles. The average Bonchev–Trinajstić information content (AvgIpc) is 3.02. The van der Waals surface area contributed by atoms with Crippen molar-refractivity contribution >= 4 is 30.1 Å². The van der Waals surface area contributed by atoms with E-state index in [1.807, 2.05) is 6.26 Å². The summed E-state index contributed by atoms with van der Waals surface area (Å²) in [4.78, 5) is 16.2. The van der Waals surface area contributed by atoms with Crippen LogP contribution >= 0.6 is 24.2 Å². The molecular formula is C15H20ClFN4O2S. The van der Waals surface area contributed by atoms with Crippen molar-refractivity contribution in [1.29, 1.82) is 0 Å². The Morgan fingerprint density at radius 1 is 1.50 bits per heavy atom. The molecule has 1 aromatic heterocycles. The Labute approximate surface area is 150 Å². The Morgan fingerprint density at radius 2 is 2.25 bits per heavy atom. The fourth-order valence-corrected chi connectivity index (χ4v) is 2.40. The summed E-state index contributed by atoms with van der Waals surface area (Å²) < 4.78 is 18.4. The summed E-state index contributed by atoms with van der Waals surface area (Å²) in [5.41, 5.74) is 6.32. The van der Waals surface area contributed by atoms with E-state index in [0.29, 0.717) is 12.0 Å². The van der Waals surface area contributed by atoms with E-state index < -0.39 is 12.1 Å². The van der Waals surface area contributed by atoms with Crippen molar-refractivity contribution in [3.63, 3.8) is 0 Å². The van der Waals surface area contributed by atoms with Gasteiger partial charge >= 0.3 is 0 Å². The van der Waals surface area contributed by atoms with E-state index in [1.165, 1.54) is 12.1 Å². The first-order valence-corrected chi connectivity index (χ1v) is 8.55. The quantitative estimate of drug-likeness (QED) is 0.773. The van der Waals surface area contributed by atoms with Crippen LogP contribution in [0.25, 0.3) is 11.4 Å². The van der Waals surface area contributed by atoms with Crippen LogP contribution in [0.1, 0.15) is 25.3 Å². The van der Waals surface area contributed by atoms with Crippen molar-refractivity contribution in [1.82, 2.24) is 15.5 Å². The number of amides is 1. The zero-order valence-corrected chi connectivity index (χ0v) is 15.0. The highest BCUT2D eigenvalue weighted by atomic mass is 35.5. The molecule has 6 nitrogen and oxygen atoms in total. The summed E-state index contributed by atoms with van der Waals surface area (Å²) in [5, 5.41) is 6.55. The van der Waals surface area contributed by atoms with E-state index in [4.69, 9.17) is 10.3 Å². The maximum absolute atomic E-state index is 13.2. The van der Waals surface area contributed by atoms with E-state index in [-0.39, 0.29) is 35.8 Å². The smallest absolute Gasteiger partial charge is 0.249 e. The van der Waals surface area contributed by atoms with Crippen LogP contribution in [0.5, 0.6) is 0 Å². The molecule has 2 aromatic rings. The summed E-state index contributed by atoms with van der Waals surface area (Å²) in [7, 11) is 0. The van der Waals surface area contributed by atoms with Crippen molar-refractivity contribution in [3.05, 3.63) is 36.0 Å². The zero-order chi connectivity index (χ0) is 16.8. The van der Waals surface area contributed by atoms with Gasteiger partial charge in [-0.25, -0.2) is 4.39 Å². The van der Waals surface area contributed by atoms with Gasteiger partial charge in [-0.1, -0.05) is 17.3 Å². The first kappa shape index (κ1) is 20.4. The van der Waals surface area contributed by atoms with E-state index >= 15 is 0 Å². The second kappa shape index (κ2) is 9.61. The maximum atomic E-state index is 13.2. The van der Waals surface area contributed by atoms with Crippen LogP contribution in [0, 0.1) is 5.82 Å². The summed E-state index contributed by atoms with van der Waals surface area (Å²) in [6.07, 6.45) is 2.55. The SMILES string of the molecule is CSCC[C@H](N)C(=O)NC(C)c1nc(-c2cccc(F)c2)no1.Cl. The maximum Gasteiger partial charge on any atom is 0.249 e. The third-order valence-electron chi connectivity index (χ3n) is 3.22. The largest absolute Gasteiger partial charge is 0.343 e. The number of nitrogens with zero attached hydrogens (tertiary/aromatic N) is 2. The molecule has 0 aliphatic carbocycles. The lowest BCUT2D eigenvalue weighted by Crippen LogP contribution is -2.42. The summed E-state index contributed by atoms with van der Waals surface area (Å²) in [5.74, 6) is 0.682. The van der Waals surface area contributed by atoms with E-state index in [1.54, 1.807) is 30.8 Å². The first-order chi connectivity index (χ1) is 11.0. The minimum atomic E-state index is -0.574. The number of rotatable bonds is 7. The molecule has 9 heteroatoms. The van der Waals surface area contributed by atoms with Gasteiger partial charge in [0.25, 0.3) is 0 Å². The number of carbonyl (C=O) groups excluding carboxylic acids is 1. The minimum absolute atomic E-state index is 0. The normalized spacial score (nSPS) is 13.0. The van der Waals surface area contributed by atoms with Crippen LogP contribution in [-0.2, 0) is 4.79 Å². The molecule has 1 amide bonds. The molecule has 1 unspecified atom stereocenters. The van der Waals surface area contributed by atoms with Crippen LogP contribution in [0.15, 0.2) is 28.8 Å². The zero-order valence-electron chi connectivity index (χ0n) is 13.4. The van der Waals surface area contributed by atoms with Crippen LogP contribution in [-0.4, -0.2) is 34.1 Å². The monoisotopic (exact) mass is 374 g/mol. The highest BCUT2D eigenvalue weighted by molar-refractivity contribution is 7.98. The molecule has 0 fully saturated rings. The van der Waals surface area contributed by atoms with E-state index in [0.717, 1.165) is 5.75 Å². The van der Waals surface area contributed by atoms with Crippen molar-refractivity contribution in [2.24, 2.45) is 5.73 Å². The van der Waals surface area contributed by atoms with Crippen molar-refractivity contribution in [2.75, 3.05) is 12.0 Å². The molecule has 0 radical (unpaired) electrons. The standard InChI is InChI=1S/C15H19FN4O2S.ClH/c1-9(18-14(21)12(17)6-7-23-2)15-19-13(20-22-15)10-4-3-5-11(16)8-10;/h3-5,8-9,12H,6-7,17H2,1-2H3,(H,18,21);1H/t9?,12-;/m0./s1. The topological polar surface area (TPSA) is 94.0 Å². The molecule has 2 rings (SSSR count). The third kappa shape index (κ3) is 5.47. The molecule has 0 bridgehead atoms. The Kier molecular flexibility index (Phi) is 8.17. The molecule has 24 heavy (non-hydrogen) atoms. The Bertz CT molecular complexity index is 670. The summed E-state index contributed by atoms with van der Waals surface area (Å²) in [6.45, 7) is 1.72. The Morgan fingerprint density at radius 3 is 2.92 bits per heavy atom. The van der Waals surface area contributed by atoms with Gasteiger partial charge in [-0.15, -0.1) is 12.4 Å². The number of halogens is 2. The number of aromatic nitrogens is 2. The number of nitrogens with one attached hydrogen (secondary N) is 1. The lowest BCUT2D eigenvalue weighted by Gasteiger charge is -2.14. The first-order valence-electron chi connectivity index (χ1n) is 7.15. The van der Waals surface area contributed by atoms with Crippen LogP contribution in [0.3, 0.4) is 0 Å². The van der Waals surface area contributed by atoms with Gasteiger partial charge in [0.15, 0.2) is 0 Å². The molecule has 3 N–H and O–H groups in total. The van der Waals surface area contributed by atoms with Gasteiger partial charge in [0.2, 0.25) is 17.6 Å². The van der Waals surface area contributed by atoms with E-state index in [2.05, 4.69) is 15.5 Å². The number of benzene rings is 1. The third-order valence-corrected chi connectivity index (χ3v) is 3.87. The number of hydrogen-bond acceptors (Lipinski definition) is 6. The molecule has 0 spiro atoms. The second-order valence-corrected chi connectivity index (χ2v) is 6.07. The Balaban J connectivity index is 0.00000288. The van der Waals surface area contributed by atoms with Gasteiger partial charge in [-0.05, 0) is 37.5 Å². The fourth-order valence-electron chi connectivity index (χ4n) is 1.91. The van der Waals surface area contributed by atoms with Gasteiger partial charge in [-0.3, -0.25) is 4.79 Å². The minimum Gasteiger partial charge on any atom is -0.343 e. The highest BCUT2D eigenvalue weighted by Crippen LogP contribution is 2.19. The fraction of sp³-hybridized carbons (Fsp3) is 0.400. The number of thioether (sulfide) groups is 1. The van der Waals surface area contributed by atoms with Crippen molar-refractivity contribution in [3.8, 4) is 11.4 Å². The number of nitrogens with two attached hydrogens (primary N) is 1. The highest BCUT2D eigenvalue weighted by Gasteiger charge is 2.20. The van der Waals surface area contributed by atoms with Crippen molar-refractivity contribution in [2.45, 2.75) is 25.4 Å². The van der Waals surface area contributed by atoms with Crippen LogP contribution in [0.4, 0.5) is 4.39 Å². The number of hydrogen-bond donors (Lipinski definition) is 2. The van der Waals surface area contributed by atoms with Crippen molar-refractivity contribution < 1.29 is 13.7 Å². The molecule has 0 aliphatic heterocycles. The lowest BCUT2D eigenvalue weighted by molar-refractivity contribution is -0.123. The van der Waals surface area contributed by atoms with Gasteiger partial charge < -0.3 is 15.6 Å². The van der Waals surface area contributed by atoms with Gasteiger partial charge in [0.05, 0.1) is 6.04 Å².